The predicted octanol–water partition coefficient (Wildman–Crippen LogP) is 7.21. The number of carbonyl (C=O) groups is 2. The van der Waals surface area contributed by atoms with E-state index in [1.807, 2.05) is 43.3 Å². The van der Waals surface area contributed by atoms with E-state index in [-0.39, 0.29) is 43.4 Å². The fraction of sp³-hybridized carbons (Fsp3) is 0.378. The van der Waals surface area contributed by atoms with Crippen molar-refractivity contribution in [3.63, 3.8) is 0 Å². The number of methoxy groups -OCH3 is 1. The molecule has 264 valence electrons. The summed E-state index contributed by atoms with van der Waals surface area (Å²) in [5.41, 5.74) is 0.484. The lowest BCUT2D eigenvalue weighted by Crippen LogP contribution is -2.49. The third-order valence-corrected chi connectivity index (χ3v) is 8.82. The van der Waals surface area contributed by atoms with Crippen molar-refractivity contribution in [3.8, 4) is 11.3 Å². The molecule has 0 unspecified atom stereocenters. The number of nitrogens with one attached hydrogen (secondary N) is 1. The summed E-state index contributed by atoms with van der Waals surface area (Å²) >= 11 is 0. The van der Waals surface area contributed by atoms with Crippen molar-refractivity contribution in [1.82, 2.24) is 15.0 Å². The van der Waals surface area contributed by atoms with E-state index in [1.54, 1.807) is 31.3 Å². The molecule has 0 amide bonds. The Morgan fingerprint density at radius 2 is 1.78 bits per heavy atom. The summed E-state index contributed by atoms with van der Waals surface area (Å²) in [7, 11) is 1.23. The van der Waals surface area contributed by atoms with Crippen molar-refractivity contribution in [2.45, 2.75) is 63.8 Å². The third kappa shape index (κ3) is 8.96. The summed E-state index contributed by atoms with van der Waals surface area (Å²) in [5, 5.41) is 14.7. The largest absolute Gasteiger partial charge is 0.509 e. The number of ether oxygens (including phenoxy) is 4. The lowest BCUT2D eigenvalue weighted by Gasteiger charge is -2.41. The number of esters is 1. The van der Waals surface area contributed by atoms with Gasteiger partial charge in [0.05, 0.1) is 31.7 Å². The van der Waals surface area contributed by atoms with Crippen LogP contribution in [0, 0.1) is 12.8 Å². The van der Waals surface area contributed by atoms with E-state index < -0.39 is 29.8 Å². The van der Waals surface area contributed by atoms with Gasteiger partial charge in [0.15, 0.2) is 0 Å². The van der Waals surface area contributed by atoms with Gasteiger partial charge in [0.2, 0.25) is 5.60 Å². The van der Waals surface area contributed by atoms with E-state index in [0.29, 0.717) is 42.2 Å². The van der Waals surface area contributed by atoms with Gasteiger partial charge in [-0.05, 0) is 93.0 Å². The molecule has 1 aliphatic rings. The van der Waals surface area contributed by atoms with Crippen molar-refractivity contribution in [2.24, 2.45) is 5.92 Å². The number of aromatic nitrogens is 3. The first-order chi connectivity index (χ1) is 24.0. The first-order valence-corrected chi connectivity index (χ1v) is 16.2. The number of hydrogen-bond donors (Lipinski definition) is 2. The molecule has 1 aliphatic carbocycles. The Labute approximate surface area is 289 Å². The van der Waals surface area contributed by atoms with Crippen LogP contribution in [0.1, 0.15) is 61.4 Å². The van der Waals surface area contributed by atoms with E-state index in [1.165, 1.54) is 25.4 Å². The molecule has 4 aromatic rings. The maximum Gasteiger partial charge on any atom is 0.509 e. The van der Waals surface area contributed by atoms with Crippen LogP contribution in [0.15, 0.2) is 79.1 Å². The van der Waals surface area contributed by atoms with Crippen LogP contribution >= 0.6 is 0 Å². The van der Waals surface area contributed by atoms with Crippen LogP contribution in [-0.4, -0.2) is 58.1 Å². The van der Waals surface area contributed by atoms with Crippen LogP contribution < -0.4 is 5.32 Å². The van der Waals surface area contributed by atoms with Gasteiger partial charge in [-0.3, -0.25) is 4.98 Å². The number of halogens is 2. The third-order valence-electron chi connectivity index (χ3n) is 8.82. The lowest BCUT2D eigenvalue weighted by atomic mass is 9.71. The Kier molecular flexibility index (Phi) is 11.7. The molecule has 0 radical (unpaired) electrons. The number of carbonyl (C=O) groups excluding carboxylic acids is 2. The Morgan fingerprint density at radius 1 is 1.02 bits per heavy atom. The molecule has 50 heavy (non-hydrogen) atoms. The standard InChI is InChI=1S/C37H40F2N4O7/c1-24-19-29(42-32(20-24)43-31-21-26(33(38)39)13-16-40-31)27-9-10-30(41-22-27)36(2,46)28-11-14-37(15-12-28,34(44)47-3)50-35(45)49-18-17-48-23-25-7-5-4-6-8-25/h4-10,13,16,19-22,28,33,46H,11-12,14-15,17-18,23H2,1-3H3,(H,40,42,43)/t28?,36-,37?/m1/s1. The number of hydrogen-bond acceptors (Lipinski definition) is 11. The highest BCUT2D eigenvalue weighted by molar-refractivity contribution is 5.82. The fourth-order valence-corrected chi connectivity index (χ4v) is 6.03. The average Bonchev–Trinajstić information content (AvgIpc) is 3.11. The summed E-state index contributed by atoms with van der Waals surface area (Å²) in [6, 6.07) is 19.2. The molecule has 1 atom stereocenters. The molecule has 1 aromatic carbocycles. The number of nitrogens with zero attached hydrogens (tertiary/aromatic N) is 3. The highest BCUT2D eigenvalue weighted by Crippen LogP contribution is 2.44. The number of anilines is 2. The zero-order valence-corrected chi connectivity index (χ0v) is 28.1. The minimum absolute atomic E-state index is 0.0514. The maximum atomic E-state index is 13.2. The number of aliphatic hydroxyl groups is 1. The van der Waals surface area contributed by atoms with Crippen molar-refractivity contribution < 1.29 is 42.4 Å². The van der Waals surface area contributed by atoms with E-state index in [0.717, 1.165) is 11.1 Å². The van der Waals surface area contributed by atoms with E-state index in [9.17, 15) is 23.5 Å². The molecule has 2 N–H and O–H groups in total. The Balaban J connectivity index is 1.19. The highest BCUT2D eigenvalue weighted by Gasteiger charge is 2.50. The summed E-state index contributed by atoms with van der Waals surface area (Å²) in [6.45, 7) is 4.02. The second kappa shape index (κ2) is 16.1. The van der Waals surface area contributed by atoms with Crippen LogP contribution in [0.2, 0.25) is 0 Å². The van der Waals surface area contributed by atoms with Crippen LogP contribution in [0.3, 0.4) is 0 Å². The van der Waals surface area contributed by atoms with E-state index in [2.05, 4.69) is 20.3 Å². The van der Waals surface area contributed by atoms with Crippen molar-refractivity contribution in [2.75, 3.05) is 25.6 Å². The summed E-state index contributed by atoms with van der Waals surface area (Å²) in [5.74, 6) is -0.332. The first kappa shape index (κ1) is 36.3. The summed E-state index contributed by atoms with van der Waals surface area (Å²) < 4.78 is 47.6. The number of pyridine rings is 3. The number of aryl methyl sites for hydroxylation is 1. The molecule has 3 heterocycles. The highest BCUT2D eigenvalue weighted by atomic mass is 19.3. The maximum absolute atomic E-state index is 13.2. The zero-order valence-electron chi connectivity index (χ0n) is 28.1. The van der Waals surface area contributed by atoms with Crippen LogP contribution in [0.5, 0.6) is 0 Å². The number of benzene rings is 1. The molecular formula is C37H40F2N4O7. The zero-order chi connectivity index (χ0) is 35.7. The quantitative estimate of drug-likeness (QED) is 0.109. The molecule has 1 fully saturated rings. The van der Waals surface area contributed by atoms with Gasteiger partial charge < -0.3 is 29.4 Å². The molecular weight excluding hydrogens is 650 g/mol. The molecule has 5 rings (SSSR count). The molecule has 13 heteroatoms. The van der Waals surface area contributed by atoms with Crippen molar-refractivity contribution in [1.29, 1.82) is 0 Å². The Morgan fingerprint density at radius 3 is 2.46 bits per heavy atom. The van der Waals surface area contributed by atoms with Gasteiger partial charge >= 0.3 is 12.1 Å². The van der Waals surface area contributed by atoms with E-state index >= 15 is 0 Å². The normalized spacial score (nSPS) is 18.6. The van der Waals surface area contributed by atoms with Gasteiger partial charge in [0, 0.05) is 23.5 Å². The number of alkyl halides is 2. The second-order valence-corrected chi connectivity index (χ2v) is 12.4. The monoisotopic (exact) mass is 690 g/mol. The van der Waals surface area contributed by atoms with Gasteiger partial charge in [-0.1, -0.05) is 30.3 Å². The van der Waals surface area contributed by atoms with Crippen molar-refractivity contribution >= 4 is 23.8 Å². The summed E-state index contributed by atoms with van der Waals surface area (Å²) in [6.07, 6.45) is 0.222. The molecule has 0 saturated heterocycles. The topological polar surface area (TPSA) is 142 Å². The first-order valence-electron chi connectivity index (χ1n) is 16.2. The Bertz CT molecular complexity index is 1750. The lowest BCUT2D eigenvalue weighted by molar-refractivity contribution is -0.173. The average molecular weight is 691 g/mol. The van der Waals surface area contributed by atoms with Gasteiger partial charge in [-0.2, -0.15) is 0 Å². The minimum atomic E-state index is -2.62. The molecule has 1 saturated carbocycles. The van der Waals surface area contributed by atoms with Crippen molar-refractivity contribution in [3.05, 3.63) is 102 Å². The minimum Gasteiger partial charge on any atom is -0.466 e. The molecule has 0 bridgehead atoms. The van der Waals surface area contributed by atoms with Gasteiger partial charge in [-0.15, -0.1) is 0 Å². The molecule has 0 spiro atoms. The molecule has 11 nitrogen and oxygen atoms in total. The Hall–Kier alpha value is -5.01. The molecule has 3 aromatic heterocycles. The fourth-order valence-electron chi connectivity index (χ4n) is 6.03. The molecule has 0 aliphatic heterocycles. The van der Waals surface area contributed by atoms with E-state index in [4.69, 9.17) is 18.9 Å². The van der Waals surface area contributed by atoms with Crippen LogP contribution in [-0.2, 0) is 35.9 Å². The SMILES string of the molecule is COC(=O)C1(OC(=O)OCCOCc2ccccc2)CCC([C@@](C)(O)c2ccc(-c3cc(C)cc(Nc4cc(C(F)F)ccn4)n3)cn2)CC1. The smallest absolute Gasteiger partial charge is 0.466 e. The van der Waals surface area contributed by atoms with Crippen LogP contribution in [0.25, 0.3) is 11.3 Å². The predicted molar refractivity (Wildman–Crippen MR) is 179 cm³/mol. The second-order valence-electron chi connectivity index (χ2n) is 12.4. The van der Waals surface area contributed by atoms with Crippen LogP contribution in [0.4, 0.5) is 25.2 Å². The van der Waals surface area contributed by atoms with Gasteiger partial charge in [0.1, 0.15) is 23.8 Å². The summed E-state index contributed by atoms with van der Waals surface area (Å²) in [4.78, 5) is 38.7. The van der Waals surface area contributed by atoms with Gasteiger partial charge in [-0.25, -0.2) is 28.3 Å². The number of rotatable bonds is 13. The van der Waals surface area contributed by atoms with Gasteiger partial charge in [0.25, 0.3) is 6.43 Å².